The van der Waals surface area contributed by atoms with Crippen LogP contribution in [0.25, 0.3) is 5.69 Å². The van der Waals surface area contributed by atoms with Gasteiger partial charge in [-0.05, 0) is 36.1 Å². The molecule has 0 aliphatic carbocycles. The molecule has 1 heterocycles. The Kier molecular flexibility index (Phi) is 5.23. The average Bonchev–Trinajstić information content (AvgIpc) is 3.12. The van der Waals surface area contributed by atoms with Crippen LogP contribution < -0.4 is 5.32 Å². The van der Waals surface area contributed by atoms with E-state index in [1.807, 2.05) is 18.2 Å². The van der Waals surface area contributed by atoms with Crippen LogP contribution in [-0.4, -0.2) is 22.2 Å². The number of aromatic nitrogens is 2. The van der Waals surface area contributed by atoms with Crippen LogP contribution in [-0.2, 0) is 0 Å². The minimum absolute atomic E-state index is 0.254. The Morgan fingerprint density at radius 3 is 2.60 bits per heavy atom. The van der Waals surface area contributed by atoms with Crippen molar-refractivity contribution in [2.75, 3.05) is 6.54 Å². The van der Waals surface area contributed by atoms with Gasteiger partial charge in [0.1, 0.15) is 11.5 Å². The minimum Gasteiger partial charge on any atom is -0.351 e. The molecule has 1 unspecified atom stereocenters. The second-order valence-electron chi connectivity index (χ2n) is 5.95. The molecule has 0 spiro atoms. The molecule has 128 valence electrons. The molecule has 1 amide bonds. The van der Waals surface area contributed by atoms with Crippen molar-refractivity contribution < 1.29 is 9.18 Å². The Morgan fingerprint density at radius 2 is 1.84 bits per heavy atom. The van der Waals surface area contributed by atoms with E-state index in [0.717, 1.165) is 6.42 Å². The van der Waals surface area contributed by atoms with Crippen molar-refractivity contribution >= 4 is 5.91 Å². The van der Waals surface area contributed by atoms with Gasteiger partial charge in [-0.15, -0.1) is 0 Å². The van der Waals surface area contributed by atoms with Gasteiger partial charge in [-0.2, -0.15) is 5.10 Å². The largest absolute Gasteiger partial charge is 0.351 e. The molecular weight excluding hydrogens is 317 g/mol. The number of carbonyl (C=O) groups excluding carboxylic acids is 1. The molecule has 0 saturated carbocycles. The van der Waals surface area contributed by atoms with Crippen molar-refractivity contribution in [1.82, 2.24) is 15.1 Å². The first-order valence-electron chi connectivity index (χ1n) is 8.29. The van der Waals surface area contributed by atoms with E-state index in [2.05, 4.69) is 29.5 Å². The molecule has 0 radical (unpaired) electrons. The lowest BCUT2D eigenvalue weighted by molar-refractivity contribution is 0.0947. The van der Waals surface area contributed by atoms with E-state index in [9.17, 15) is 9.18 Å². The first kappa shape index (κ1) is 16.9. The van der Waals surface area contributed by atoms with Crippen LogP contribution in [0.4, 0.5) is 4.39 Å². The van der Waals surface area contributed by atoms with E-state index in [1.165, 1.54) is 16.3 Å². The van der Waals surface area contributed by atoms with Crippen LogP contribution in [0.1, 0.15) is 35.3 Å². The molecule has 4 nitrogen and oxygen atoms in total. The van der Waals surface area contributed by atoms with Gasteiger partial charge in [-0.3, -0.25) is 4.79 Å². The number of rotatable bonds is 6. The van der Waals surface area contributed by atoms with Gasteiger partial charge in [0.2, 0.25) is 0 Å². The predicted octanol–water partition coefficient (Wildman–Crippen LogP) is 3.94. The van der Waals surface area contributed by atoms with E-state index in [4.69, 9.17) is 0 Å². The third kappa shape index (κ3) is 4.12. The van der Waals surface area contributed by atoms with Gasteiger partial charge in [0.25, 0.3) is 5.91 Å². The number of nitrogens with zero attached hydrogens (tertiary/aromatic N) is 2. The van der Waals surface area contributed by atoms with E-state index in [1.54, 1.807) is 30.5 Å². The van der Waals surface area contributed by atoms with E-state index >= 15 is 0 Å². The lowest BCUT2D eigenvalue weighted by atomic mass is 9.98. The zero-order valence-corrected chi connectivity index (χ0v) is 14.0. The summed E-state index contributed by atoms with van der Waals surface area (Å²) in [5, 5.41) is 7.03. The summed E-state index contributed by atoms with van der Waals surface area (Å²) in [4.78, 5) is 12.2. The number of hydrogen-bond donors (Lipinski definition) is 1. The summed E-state index contributed by atoms with van der Waals surface area (Å²) in [5.41, 5.74) is 1.84. The Morgan fingerprint density at radius 1 is 1.12 bits per heavy atom. The maximum Gasteiger partial charge on any atom is 0.271 e. The third-order valence-corrected chi connectivity index (χ3v) is 4.15. The number of amides is 1. The first-order valence-corrected chi connectivity index (χ1v) is 8.29. The van der Waals surface area contributed by atoms with Crippen LogP contribution >= 0.6 is 0 Å². The van der Waals surface area contributed by atoms with E-state index in [0.29, 0.717) is 18.2 Å². The number of benzene rings is 2. The topological polar surface area (TPSA) is 46.9 Å². The lowest BCUT2D eigenvalue weighted by Crippen LogP contribution is -2.26. The van der Waals surface area contributed by atoms with Gasteiger partial charge >= 0.3 is 0 Å². The molecule has 0 fully saturated rings. The highest BCUT2D eigenvalue weighted by molar-refractivity contribution is 5.92. The maximum atomic E-state index is 13.8. The van der Waals surface area contributed by atoms with E-state index in [-0.39, 0.29) is 17.4 Å². The third-order valence-electron chi connectivity index (χ3n) is 4.15. The fourth-order valence-corrected chi connectivity index (χ4v) is 2.66. The molecule has 3 rings (SSSR count). The molecule has 3 aromatic rings. The summed E-state index contributed by atoms with van der Waals surface area (Å²) < 4.78 is 15.1. The smallest absolute Gasteiger partial charge is 0.271 e. The summed E-state index contributed by atoms with van der Waals surface area (Å²) in [7, 11) is 0. The standard InChI is InChI=1S/C20H20FN3O/c1-15(16-7-3-2-4-8-16)11-13-22-20(25)18-12-14-24(23-18)19-10-6-5-9-17(19)21/h2-10,12,14-15H,11,13H2,1H3,(H,22,25). The van der Waals surface area contributed by atoms with Gasteiger partial charge in [-0.25, -0.2) is 9.07 Å². The summed E-state index contributed by atoms with van der Waals surface area (Å²) in [6, 6.07) is 18.1. The molecule has 25 heavy (non-hydrogen) atoms. The number of carbonyl (C=O) groups is 1. The molecule has 0 aliphatic heterocycles. The fraction of sp³-hybridized carbons (Fsp3) is 0.200. The highest BCUT2D eigenvalue weighted by Gasteiger charge is 2.12. The number of para-hydroxylation sites is 1. The van der Waals surface area contributed by atoms with Crippen LogP contribution in [0, 0.1) is 5.82 Å². The van der Waals surface area contributed by atoms with Gasteiger partial charge in [-0.1, -0.05) is 49.4 Å². The highest BCUT2D eigenvalue weighted by Crippen LogP contribution is 2.17. The van der Waals surface area contributed by atoms with Crippen molar-refractivity contribution in [1.29, 1.82) is 0 Å². The molecule has 1 aromatic heterocycles. The van der Waals surface area contributed by atoms with Crippen molar-refractivity contribution in [3.63, 3.8) is 0 Å². The van der Waals surface area contributed by atoms with Crippen LogP contribution in [0.15, 0.2) is 66.9 Å². The average molecular weight is 337 g/mol. The zero-order chi connectivity index (χ0) is 17.6. The van der Waals surface area contributed by atoms with Crippen molar-refractivity contribution in [3.05, 3.63) is 83.9 Å². The van der Waals surface area contributed by atoms with Gasteiger partial charge in [0.05, 0.1) is 0 Å². The number of halogens is 1. The summed E-state index contributed by atoms with van der Waals surface area (Å²) in [6.07, 6.45) is 2.42. The second-order valence-corrected chi connectivity index (χ2v) is 5.95. The molecule has 2 aromatic carbocycles. The predicted molar refractivity (Wildman–Crippen MR) is 95.3 cm³/mol. The highest BCUT2D eigenvalue weighted by atomic mass is 19.1. The zero-order valence-electron chi connectivity index (χ0n) is 14.0. The van der Waals surface area contributed by atoms with Gasteiger partial charge in [0.15, 0.2) is 5.69 Å². The summed E-state index contributed by atoms with van der Waals surface area (Å²) in [6.45, 7) is 2.69. The Balaban J connectivity index is 1.57. The number of hydrogen-bond acceptors (Lipinski definition) is 2. The van der Waals surface area contributed by atoms with Crippen LogP contribution in [0.2, 0.25) is 0 Å². The second kappa shape index (κ2) is 7.75. The normalized spacial score (nSPS) is 11.9. The minimum atomic E-state index is -0.380. The summed E-state index contributed by atoms with van der Waals surface area (Å²) in [5.74, 6) is -0.276. The Bertz CT molecular complexity index is 845. The quantitative estimate of drug-likeness (QED) is 0.741. The molecule has 0 aliphatic rings. The van der Waals surface area contributed by atoms with Crippen molar-refractivity contribution in [2.24, 2.45) is 0 Å². The molecule has 1 atom stereocenters. The first-order chi connectivity index (χ1) is 12.1. The van der Waals surface area contributed by atoms with Crippen LogP contribution in [0.3, 0.4) is 0 Å². The molecule has 1 N–H and O–H groups in total. The molecule has 0 saturated heterocycles. The maximum absolute atomic E-state index is 13.8. The Labute approximate surface area is 146 Å². The summed E-state index contributed by atoms with van der Waals surface area (Å²) >= 11 is 0. The monoisotopic (exact) mass is 337 g/mol. The van der Waals surface area contributed by atoms with Crippen molar-refractivity contribution in [3.8, 4) is 5.69 Å². The Hall–Kier alpha value is -2.95. The molecular formula is C20H20FN3O. The fourth-order valence-electron chi connectivity index (χ4n) is 2.66. The van der Waals surface area contributed by atoms with Gasteiger partial charge < -0.3 is 5.32 Å². The molecule has 0 bridgehead atoms. The SMILES string of the molecule is CC(CCNC(=O)c1ccn(-c2ccccc2F)n1)c1ccccc1. The van der Waals surface area contributed by atoms with E-state index < -0.39 is 0 Å². The lowest BCUT2D eigenvalue weighted by Gasteiger charge is -2.12. The van der Waals surface area contributed by atoms with Gasteiger partial charge in [0, 0.05) is 12.7 Å². The molecule has 5 heteroatoms. The number of nitrogens with one attached hydrogen (secondary N) is 1. The van der Waals surface area contributed by atoms with Crippen LogP contribution in [0.5, 0.6) is 0 Å². The van der Waals surface area contributed by atoms with Crippen molar-refractivity contribution in [2.45, 2.75) is 19.3 Å².